The Hall–Kier alpha value is -2.85. The first-order valence-corrected chi connectivity index (χ1v) is 12.3. The smallest absolute Gasteiger partial charge is 0.313 e. The average molecular weight is 478 g/mol. The van der Waals surface area contributed by atoms with Gasteiger partial charge in [-0.15, -0.1) is 10.1 Å². The van der Waals surface area contributed by atoms with E-state index in [0.717, 1.165) is 0 Å². The number of carbonyl (C=O) groups excluding carboxylic acids is 3. The summed E-state index contributed by atoms with van der Waals surface area (Å²) in [4.78, 5) is 51.3. The average Bonchev–Trinajstić information content (AvgIpc) is 2.80. The summed E-state index contributed by atoms with van der Waals surface area (Å²) in [5, 5.41) is 9.16. The number of Topliss-reactive ketones (excluding diaryl/α,β-unsaturated/α-hetero) is 1. The first-order valence-electron chi connectivity index (χ1n) is 9.78. The molecule has 0 bridgehead atoms. The summed E-state index contributed by atoms with van der Waals surface area (Å²) in [6.07, 6.45) is -0.355. The predicted octanol–water partition coefficient (Wildman–Crippen LogP) is 4.11. The summed E-state index contributed by atoms with van der Waals surface area (Å²) in [6, 6.07) is 15.7. The molecule has 1 unspecified atom stereocenters. The second-order valence-electron chi connectivity index (χ2n) is 6.61. The number of rotatable bonds is 14. The second-order valence-corrected chi connectivity index (χ2v) is 9.31. The van der Waals surface area contributed by atoms with Crippen molar-refractivity contribution in [1.29, 1.82) is 0 Å². The van der Waals surface area contributed by atoms with Crippen LogP contribution in [0.25, 0.3) is 0 Å². The molecule has 0 fully saturated rings. The van der Waals surface area contributed by atoms with Crippen LogP contribution >= 0.6 is 21.6 Å². The third kappa shape index (κ3) is 8.72. The quantitative estimate of drug-likeness (QED) is 0.0754. The van der Waals surface area contributed by atoms with Crippen molar-refractivity contribution < 1.29 is 29.0 Å². The number of hydrogen-bond acceptors (Lipinski definition) is 9. The summed E-state index contributed by atoms with van der Waals surface area (Å²) in [7, 11) is 2.76. The second kappa shape index (κ2) is 13.5. The Bertz CT molecular complexity index is 937. The van der Waals surface area contributed by atoms with E-state index < -0.39 is 17.0 Å². The molecule has 0 saturated carbocycles. The van der Waals surface area contributed by atoms with Gasteiger partial charge in [-0.25, -0.2) is 0 Å². The monoisotopic (exact) mass is 477 g/mol. The summed E-state index contributed by atoms with van der Waals surface area (Å²) in [5.74, 6) is -0.674. The van der Waals surface area contributed by atoms with Crippen LogP contribution in [0.4, 0.5) is 0 Å². The van der Waals surface area contributed by atoms with Crippen molar-refractivity contribution in [3.8, 4) is 0 Å². The standard InChI is InChI=1S/C22H23NO7S2/c1-16(18-8-5-9-19(14-18)22(26)17-6-3-2-4-7-17)20(24)15-21(25)29-10-12-31-32-13-11-30-23(27)28/h2-9,14,16H,10-13,15H2,1H3. The lowest BCUT2D eigenvalue weighted by Gasteiger charge is -2.12. The molecule has 2 rings (SSSR count). The Kier molecular flexibility index (Phi) is 10.8. The zero-order chi connectivity index (χ0) is 23.3. The van der Waals surface area contributed by atoms with Crippen molar-refractivity contribution in [2.24, 2.45) is 0 Å². The Balaban J connectivity index is 1.77. The number of hydrogen-bond donors (Lipinski definition) is 0. The molecule has 0 heterocycles. The topological polar surface area (TPSA) is 113 Å². The van der Waals surface area contributed by atoms with Crippen LogP contribution in [0.15, 0.2) is 54.6 Å². The van der Waals surface area contributed by atoms with Crippen LogP contribution in [0.2, 0.25) is 0 Å². The zero-order valence-corrected chi connectivity index (χ0v) is 19.1. The first-order chi connectivity index (χ1) is 15.4. The van der Waals surface area contributed by atoms with Crippen LogP contribution < -0.4 is 0 Å². The van der Waals surface area contributed by atoms with Gasteiger partial charge in [0.1, 0.15) is 19.6 Å². The summed E-state index contributed by atoms with van der Waals surface area (Å²) in [5.41, 5.74) is 1.70. The van der Waals surface area contributed by atoms with Crippen molar-refractivity contribution >= 4 is 39.1 Å². The third-order valence-electron chi connectivity index (χ3n) is 4.36. The molecule has 0 saturated heterocycles. The maximum absolute atomic E-state index is 12.6. The van der Waals surface area contributed by atoms with Gasteiger partial charge in [0.15, 0.2) is 11.6 Å². The Morgan fingerprint density at radius 2 is 1.62 bits per heavy atom. The van der Waals surface area contributed by atoms with Crippen LogP contribution in [-0.4, -0.2) is 47.3 Å². The Morgan fingerprint density at radius 1 is 0.969 bits per heavy atom. The van der Waals surface area contributed by atoms with Crippen molar-refractivity contribution in [2.45, 2.75) is 19.3 Å². The maximum atomic E-state index is 12.6. The molecule has 0 N–H and O–H groups in total. The highest BCUT2D eigenvalue weighted by Gasteiger charge is 2.20. The number of carbonyl (C=O) groups is 3. The molecule has 32 heavy (non-hydrogen) atoms. The molecule has 0 aliphatic carbocycles. The summed E-state index contributed by atoms with van der Waals surface area (Å²) in [6.45, 7) is 1.82. The lowest BCUT2D eigenvalue weighted by molar-refractivity contribution is -0.756. The van der Waals surface area contributed by atoms with E-state index in [1.807, 2.05) is 6.07 Å². The fourth-order valence-electron chi connectivity index (χ4n) is 2.69. The van der Waals surface area contributed by atoms with Crippen LogP contribution in [0, 0.1) is 10.1 Å². The highest BCUT2D eigenvalue weighted by atomic mass is 33.1. The molecule has 2 aromatic carbocycles. The van der Waals surface area contributed by atoms with Gasteiger partial charge in [0.05, 0.1) is 0 Å². The fourth-order valence-corrected chi connectivity index (χ4v) is 4.34. The zero-order valence-electron chi connectivity index (χ0n) is 17.4. The molecule has 0 aromatic heterocycles. The number of benzene rings is 2. The van der Waals surface area contributed by atoms with E-state index in [1.54, 1.807) is 55.5 Å². The van der Waals surface area contributed by atoms with Crippen LogP contribution in [0.1, 0.15) is 40.7 Å². The van der Waals surface area contributed by atoms with Gasteiger partial charge in [0.2, 0.25) is 0 Å². The molecule has 0 amide bonds. The first kappa shape index (κ1) is 25.4. The van der Waals surface area contributed by atoms with Crippen LogP contribution in [0.3, 0.4) is 0 Å². The minimum atomic E-state index is -0.845. The molecule has 0 aliphatic rings. The minimum absolute atomic E-state index is 0.00497. The normalized spacial score (nSPS) is 11.4. The minimum Gasteiger partial charge on any atom is -0.464 e. The van der Waals surface area contributed by atoms with E-state index in [9.17, 15) is 24.5 Å². The van der Waals surface area contributed by atoms with Crippen LogP contribution in [-0.2, 0) is 19.2 Å². The predicted molar refractivity (Wildman–Crippen MR) is 123 cm³/mol. The lowest BCUT2D eigenvalue weighted by atomic mass is 9.92. The van der Waals surface area contributed by atoms with Crippen molar-refractivity contribution in [3.63, 3.8) is 0 Å². The van der Waals surface area contributed by atoms with Gasteiger partial charge < -0.3 is 9.57 Å². The van der Waals surface area contributed by atoms with Gasteiger partial charge in [0.25, 0.3) is 5.09 Å². The highest BCUT2D eigenvalue weighted by molar-refractivity contribution is 8.76. The van der Waals surface area contributed by atoms with Crippen molar-refractivity contribution in [3.05, 3.63) is 81.4 Å². The van der Waals surface area contributed by atoms with E-state index in [4.69, 9.17) is 4.74 Å². The molecule has 0 radical (unpaired) electrons. The lowest BCUT2D eigenvalue weighted by Crippen LogP contribution is -2.17. The Labute approximate surface area is 193 Å². The van der Waals surface area contributed by atoms with Gasteiger partial charge >= 0.3 is 5.97 Å². The van der Waals surface area contributed by atoms with Crippen LogP contribution in [0.5, 0.6) is 0 Å². The molecule has 8 nitrogen and oxygen atoms in total. The molecule has 10 heteroatoms. The molecular weight excluding hydrogens is 454 g/mol. The van der Waals surface area contributed by atoms with Gasteiger partial charge in [-0.2, -0.15) is 0 Å². The number of ether oxygens (including phenoxy) is 1. The highest BCUT2D eigenvalue weighted by Crippen LogP contribution is 2.22. The third-order valence-corrected chi connectivity index (χ3v) is 6.70. The molecule has 0 aliphatic heterocycles. The summed E-state index contributed by atoms with van der Waals surface area (Å²) >= 11 is 0. The Morgan fingerprint density at radius 3 is 2.31 bits per heavy atom. The van der Waals surface area contributed by atoms with Gasteiger partial charge in [0, 0.05) is 28.6 Å². The number of esters is 1. The van der Waals surface area contributed by atoms with E-state index in [0.29, 0.717) is 28.2 Å². The fraction of sp³-hybridized carbons (Fsp3) is 0.318. The van der Waals surface area contributed by atoms with E-state index in [1.165, 1.54) is 21.6 Å². The molecule has 0 spiro atoms. The van der Waals surface area contributed by atoms with Crippen molar-refractivity contribution in [2.75, 3.05) is 24.7 Å². The van der Waals surface area contributed by atoms with E-state index >= 15 is 0 Å². The summed E-state index contributed by atoms with van der Waals surface area (Å²) < 4.78 is 5.08. The number of ketones is 2. The molecule has 170 valence electrons. The largest absolute Gasteiger partial charge is 0.464 e. The molecular formula is C22H23NO7S2. The number of nitrogens with zero attached hydrogens (tertiary/aromatic N) is 1. The van der Waals surface area contributed by atoms with Gasteiger partial charge in [-0.1, -0.05) is 77.0 Å². The molecule has 2 aromatic rings. The van der Waals surface area contributed by atoms with Gasteiger partial charge in [-0.05, 0) is 11.6 Å². The SMILES string of the molecule is CC(C(=O)CC(=O)OCCSSCCO[N+](=O)[O-])c1cccc(C(=O)c2ccccc2)c1. The molecule has 1 atom stereocenters. The van der Waals surface area contributed by atoms with E-state index in [2.05, 4.69) is 4.84 Å². The van der Waals surface area contributed by atoms with E-state index in [-0.39, 0.29) is 31.2 Å². The van der Waals surface area contributed by atoms with Crippen molar-refractivity contribution in [1.82, 2.24) is 0 Å². The van der Waals surface area contributed by atoms with Gasteiger partial charge in [-0.3, -0.25) is 14.4 Å². The maximum Gasteiger partial charge on any atom is 0.313 e.